The van der Waals surface area contributed by atoms with Crippen LogP contribution in [0, 0.1) is 5.92 Å². The number of aliphatic carboxylic acids is 1. The van der Waals surface area contributed by atoms with Crippen molar-refractivity contribution in [3.8, 4) is 11.1 Å². The fourth-order valence-corrected chi connectivity index (χ4v) is 4.99. The first kappa shape index (κ1) is 23.8. The van der Waals surface area contributed by atoms with Crippen LogP contribution in [0.5, 0.6) is 0 Å². The molecule has 2 aromatic carbocycles. The summed E-state index contributed by atoms with van der Waals surface area (Å²) >= 11 is 0. The van der Waals surface area contributed by atoms with E-state index in [-0.39, 0.29) is 30.8 Å². The Morgan fingerprint density at radius 1 is 1.00 bits per heavy atom. The number of amides is 2. The highest BCUT2D eigenvalue weighted by molar-refractivity contribution is 5.84. The summed E-state index contributed by atoms with van der Waals surface area (Å²) in [4.78, 5) is 36.7. The van der Waals surface area contributed by atoms with Crippen LogP contribution >= 0.6 is 0 Å². The van der Waals surface area contributed by atoms with E-state index in [1.807, 2.05) is 31.2 Å². The summed E-state index contributed by atoms with van der Waals surface area (Å²) in [6.07, 6.45) is 3.44. The summed E-state index contributed by atoms with van der Waals surface area (Å²) in [5, 5.41) is 14.9. The normalized spacial score (nSPS) is 16.5. The number of hydrogen-bond donors (Lipinski definition) is 3. The first-order chi connectivity index (χ1) is 16.5. The monoisotopic (exact) mass is 464 g/mol. The molecular weight excluding hydrogens is 432 g/mol. The predicted molar refractivity (Wildman–Crippen MR) is 128 cm³/mol. The SMILES string of the molecule is CCCC(CC(=O)NC(C(=O)O)C1CCC1)NC(=O)OCC1c2ccccc2-c2ccccc21. The van der Waals surface area contributed by atoms with Crippen molar-refractivity contribution in [3.63, 3.8) is 0 Å². The van der Waals surface area contributed by atoms with E-state index in [0.29, 0.717) is 6.42 Å². The van der Waals surface area contributed by atoms with Crippen LogP contribution in [0.15, 0.2) is 48.5 Å². The van der Waals surface area contributed by atoms with Gasteiger partial charge in [-0.25, -0.2) is 9.59 Å². The highest BCUT2D eigenvalue weighted by atomic mass is 16.5. The Balaban J connectivity index is 1.33. The van der Waals surface area contributed by atoms with Gasteiger partial charge in [-0.15, -0.1) is 0 Å². The lowest BCUT2D eigenvalue weighted by Gasteiger charge is -2.31. The van der Waals surface area contributed by atoms with Crippen LogP contribution in [-0.4, -0.2) is 41.8 Å². The molecule has 180 valence electrons. The minimum Gasteiger partial charge on any atom is -0.480 e. The molecule has 0 saturated heterocycles. The number of alkyl carbamates (subject to hydrolysis) is 1. The van der Waals surface area contributed by atoms with Gasteiger partial charge in [-0.05, 0) is 47.4 Å². The highest BCUT2D eigenvalue weighted by Crippen LogP contribution is 2.44. The Labute approximate surface area is 199 Å². The molecule has 0 bridgehead atoms. The average Bonchev–Trinajstić information content (AvgIpc) is 3.10. The van der Waals surface area contributed by atoms with Crippen LogP contribution in [-0.2, 0) is 14.3 Å². The van der Waals surface area contributed by atoms with Crippen molar-refractivity contribution in [2.24, 2.45) is 5.92 Å². The molecule has 7 nitrogen and oxygen atoms in total. The molecule has 2 aromatic rings. The second-order valence-corrected chi connectivity index (χ2v) is 9.23. The summed E-state index contributed by atoms with van der Waals surface area (Å²) in [5.41, 5.74) is 4.59. The van der Waals surface area contributed by atoms with Crippen LogP contribution in [0.1, 0.15) is 62.5 Å². The molecule has 0 heterocycles. The van der Waals surface area contributed by atoms with Crippen LogP contribution in [0.4, 0.5) is 4.79 Å². The van der Waals surface area contributed by atoms with Gasteiger partial charge in [0.2, 0.25) is 5.91 Å². The first-order valence-electron chi connectivity index (χ1n) is 12.1. The Hall–Kier alpha value is -3.35. The molecule has 2 atom stereocenters. The largest absolute Gasteiger partial charge is 0.480 e. The van der Waals surface area contributed by atoms with Crippen LogP contribution in [0.25, 0.3) is 11.1 Å². The second-order valence-electron chi connectivity index (χ2n) is 9.23. The quantitative estimate of drug-likeness (QED) is 0.482. The third-order valence-electron chi connectivity index (χ3n) is 6.94. The van der Waals surface area contributed by atoms with Gasteiger partial charge >= 0.3 is 12.1 Å². The van der Waals surface area contributed by atoms with E-state index in [2.05, 4.69) is 34.9 Å². The van der Waals surface area contributed by atoms with Gasteiger partial charge in [-0.3, -0.25) is 4.79 Å². The molecule has 2 aliphatic rings. The number of ether oxygens (including phenoxy) is 1. The molecule has 0 spiro atoms. The maximum Gasteiger partial charge on any atom is 0.407 e. The van der Waals surface area contributed by atoms with Gasteiger partial charge in [-0.2, -0.15) is 0 Å². The second kappa shape index (κ2) is 10.7. The molecule has 0 radical (unpaired) electrons. The highest BCUT2D eigenvalue weighted by Gasteiger charge is 2.34. The van der Waals surface area contributed by atoms with E-state index in [0.717, 1.165) is 47.9 Å². The zero-order valence-electron chi connectivity index (χ0n) is 19.5. The van der Waals surface area contributed by atoms with Gasteiger partial charge in [0, 0.05) is 18.4 Å². The number of carbonyl (C=O) groups is 3. The van der Waals surface area contributed by atoms with E-state index in [4.69, 9.17) is 4.74 Å². The van der Waals surface area contributed by atoms with E-state index >= 15 is 0 Å². The van der Waals surface area contributed by atoms with Crippen molar-refractivity contribution in [1.82, 2.24) is 10.6 Å². The Morgan fingerprint density at radius 2 is 1.62 bits per heavy atom. The standard InChI is InChI=1S/C27H32N2O5/c1-2-8-18(15-24(30)29-25(26(31)32)17-9-7-10-17)28-27(33)34-16-23-21-13-5-3-11-19(21)20-12-4-6-14-22(20)23/h3-6,11-14,17-18,23,25H,2,7-10,15-16H2,1H3,(H,28,33)(H,29,30)(H,31,32). The average molecular weight is 465 g/mol. The number of carbonyl (C=O) groups excluding carboxylic acids is 2. The van der Waals surface area contributed by atoms with Crippen molar-refractivity contribution in [1.29, 1.82) is 0 Å². The third-order valence-corrected chi connectivity index (χ3v) is 6.94. The van der Waals surface area contributed by atoms with Gasteiger partial charge in [0.1, 0.15) is 12.6 Å². The number of carboxylic acids is 1. The van der Waals surface area contributed by atoms with E-state index < -0.39 is 24.1 Å². The summed E-state index contributed by atoms with van der Waals surface area (Å²) in [6.45, 7) is 2.17. The predicted octanol–water partition coefficient (Wildman–Crippen LogP) is 4.45. The number of nitrogens with one attached hydrogen (secondary N) is 2. The van der Waals surface area contributed by atoms with Gasteiger partial charge in [0.25, 0.3) is 0 Å². The van der Waals surface area contributed by atoms with Crippen LogP contribution in [0.2, 0.25) is 0 Å². The Bertz CT molecular complexity index is 1000. The zero-order valence-corrected chi connectivity index (χ0v) is 19.5. The number of rotatable bonds is 10. The summed E-state index contributed by atoms with van der Waals surface area (Å²) < 4.78 is 5.61. The molecule has 0 aromatic heterocycles. The molecule has 2 amide bonds. The maximum absolute atomic E-state index is 12.6. The van der Waals surface area contributed by atoms with Gasteiger partial charge < -0.3 is 20.5 Å². The summed E-state index contributed by atoms with van der Waals surface area (Å²) in [7, 11) is 0. The molecule has 2 aliphatic carbocycles. The fraction of sp³-hybridized carbons (Fsp3) is 0.444. The molecular formula is C27H32N2O5. The summed E-state index contributed by atoms with van der Waals surface area (Å²) in [6, 6.07) is 15.0. The van der Waals surface area contributed by atoms with E-state index in [1.54, 1.807) is 0 Å². The zero-order chi connectivity index (χ0) is 24.1. The maximum atomic E-state index is 12.6. The Kier molecular flexibility index (Phi) is 7.50. The number of hydrogen-bond acceptors (Lipinski definition) is 4. The molecule has 4 rings (SSSR count). The number of fused-ring (bicyclic) bond motifs is 3. The number of benzene rings is 2. The number of carboxylic acid groups (broad SMARTS) is 1. The lowest BCUT2D eigenvalue weighted by molar-refractivity contribution is -0.144. The smallest absolute Gasteiger partial charge is 0.407 e. The van der Waals surface area contributed by atoms with Crippen molar-refractivity contribution in [2.75, 3.05) is 6.61 Å². The van der Waals surface area contributed by atoms with Gasteiger partial charge in [0.15, 0.2) is 0 Å². The first-order valence-corrected chi connectivity index (χ1v) is 12.1. The molecule has 1 saturated carbocycles. The van der Waals surface area contributed by atoms with Crippen molar-refractivity contribution < 1.29 is 24.2 Å². The van der Waals surface area contributed by atoms with E-state index in [9.17, 15) is 19.5 Å². The minimum atomic E-state index is -1.01. The van der Waals surface area contributed by atoms with Crippen molar-refractivity contribution in [3.05, 3.63) is 59.7 Å². The molecule has 1 fully saturated rings. The van der Waals surface area contributed by atoms with Crippen LogP contribution in [0.3, 0.4) is 0 Å². The molecule has 7 heteroatoms. The molecule has 34 heavy (non-hydrogen) atoms. The Morgan fingerprint density at radius 3 is 2.15 bits per heavy atom. The topological polar surface area (TPSA) is 105 Å². The van der Waals surface area contributed by atoms with E-state index in [1.165, 1.54) is 0 Å². The van der Waals surface area contributed by atoms with Gasteiger partial charge in [0.05, 0.1) is 0 Å². The molecule has 3 N–H and O–H groups in total. The van der Waals surface area contributed by atoms with Crippen LogP contribution < -0.4 is 10.6 Å². The molecule has 0 aliphatic heterocycles. The molecule has 2 unspecified atom stereocenters. The lowest BCUT2D eigenvalue weighted by atomic mass is 9.79. The van der Waals surface area contributed by atoms with Gasteiger partial charge in [-0.1, -0.05) is 68.3 Å². The summed E-state index contributed by atoms with van der Waals surface area (Å²) in [5.74, 6) is -1.42. The lowest BCUT2D eigenvalue weighted by Crippen LogP contribution is -2.49. The fourth-order valence-electron chi connectivity index (χ4n) is 4.99. The third kappa shape index (κ3) is 5.24. The van der Waals surface area contributed by atoms with Crippen molar-refractivity contribution in [2.45, 2.75) is 63.5 Å². The minimum absolute atomic E-state index is 0.0128. The van der Waals surface area contributed by atoms with Crippen molar-refractivity contribution >= 4 is 18.0 Å².